The number of halogens is 9. The van der Waals surface area contributed by atoms with Gasteiger partial charge in [-0.05, 0) is 5.41 Å². The molecule has 0 N–H and O–H groups in total. The molecular weight excluding hydrogens is 447 g/mol. The van der Waals surface area contributed by atoms with Gasteiger partial charge in [0, 0.05) is 19.5 Å². The molecule has 0 saturated carbocycles. The Kier molecular flexibility index (Phi) is 6.64. The number of imidazole rings is 1. The highest BCUT2D eigenvalue weighted by Gasteiger charge is 2.81. The van der Waals surface area contributed by atoms with E-state index in [4.69, 9.17) is 0 Å². The molecule has 0 saturated heterocycles. The molecule has 1 heterocycles. The largest absolute Gasteiger partial charge is 0.460 e. The third-order valence-corrected chi connectivity index (χ3v) is 4.75. The highest BCUT2D eigenvalue weighted by molar-refractivity contribution is 7.83. The lowest BCUT2D eigenvalue weighted by Gasteiger charge is -2.33. The quantitative estimate of drug-likeness (QED) is 0.443. The Balaban J connectivity index is 3.22. The van der Waals surface area contributed by atoms with Crippen molar-refractivity contribution in [2.24, 2.45) is 5.41 Å². The van der Waals surface area contributed by atoms with Crippen molar-refractivity contribution < 1.29 is 39.5 Å². The fraction of sp³-hybridized carbons (Fsp3) is 0.786. The molecule has 0 aliphatic heterocycles. The van der Waals surface area contributed by atoms with Crippen molar-refractivity contribution in [1.82, 2.24) is 9.13 Å². The number of hydrogen-bond acceptors (Lipinski definition) is 3. The minimum atomic E-state index is -6.97. The van der Waals surface area contributed by atoms with Crippen molar-refractivity contribution in [3.63, 3.8) is 0 Å². The summed E-state index contributed by atoms with van der Waals surface area (Å²) in [7, 11) is 0. The first-order valence-corrected chi connectivity index (χ1v) is 8.48. The maximum absolute atomic E-state index is 13.7. The molecule has 1 aromatic heterocycles. The zero-order chi connectivity index (χ0) is 22.5. The molecule has 3 nitrogen and oxygen atoms in total. The van der Waals surface area contributed by atoms with Gasteiger partial charge in [0.1, 0.15) is 10.1 Å². The van der Waals surface area contributed by atoms with Crippen molar-refractivity contribution in [2.45, 2.75) is 74.3 Å². The molecule has 0 amide bonds. The van der Waals surface area contributed by atoms with E-state index in [1.54, 1.807) is 20.8 Å². The molecule has 28 heavy (non-hydrogen) atoms. The van der Waals surface area contributed by atoms with E-state index < -0.39 is 48.0 Å². The summed E-state index contributed by atoms with van der Waals surface area (Å²) in [4.78, 5) is 12.3. The maximum atomic E-state index is 13.7. The fourth-order valence-electron chi connectivity index (χ4n) is 2.20. The van der Waals surface area contributed by atoms with E-state index in [-0.39, 0.29) is 16.6 Å². The van der Waals surface area contributed by atoms with E-state index >= 15 is 0 Å². The van der Waals surface area contributed by atoms with Crippen molar-refractivity contribution >= 4 is 25.3 Å². The fourth-order valence-corrected chi connectivity index (χ4v) is 2.79. The summed E-state index contributed by atoms with van der Waals surface area (Å²) in [6, 6.07) is 0. The summed E-state index contributed by atoms with van der Waals surface area (Å²) < 4.78 is 118. The maximum Gasteiger partial charge on any atom is 0.460 e. The molecule has 0 atom stereocenters. The van der Waals surface area contributed by atoms with E-state index in [1.807, 2.05) is 0 Å². The molecule has 0 aliphatic rings. The number of rotatable bonds is 6. The van der Waals surface area contributed by atoms with Gasteiger partial charge in [-0.3, -0.25) is 9.13 Å². The van der Waals surface area contributed by atoms with Gasteiger partial charge in [-0.15, -0.1) is 25.3 Å². The second kappa shape index (κ2) is 7.40. The Morgan fingerprint density at radius 3 is 1.61 bits per heavy atom. The minimum absolute atomic E-state index is 0.0317. The van der Waals surface area contributed by atoms with Crippen LogP contribution in [0.3, 0.4) is 0 Å². The van der Waals surface area contributed by atoms with Crippen LogP contribution < -0.4 is 5.69 Å². The number of hydrogen-bond donors (Lipinski definition) is 2. The monoisotopic (exact) mass is 464 g/mol. The summed E-state index contributed by atoms with van der Waals surface area (Å²) in [5, 5.41) is -0.418. The van der Waals surface area contributed by atoms with Crippen LogP contribution in [-0.4, -0.2) is 33.1 Å². The molecule has 1 aromatic rings. The predicted octanol–water partition coefficient (Wildman–Crippen LogP) is 5.13. The van der Waals surface area contributed by atoms with Crippen LogP contribution in [0.5, 0.6) is 0 Å². The number of thiol groups is 2. The average Bonchev–Trinajstić information content (AvgIpc) is 2.66. The molecule has 0 unspecified atom stereocenters. The third kappa shape index (κ3) is 4.46. The first kappa shape index (κ1) is 25.1. The molecule has 0 aliphatic carbocycles. The first-order chi connectivity index (χ1) is 12.2. The lowest BCUT2D eigenvalue weighted by Crippen LogP contribution is -2.61. The van der Waals surface area contributed by atoms with Crippen LogP contribution in [0.2, 0.25) is 0 Å². The Morgan fingerprint density at radius 1 is 0.786 bits per heavy atom. The van der Waals surface area contributed by atoms with Gasteiger partial charge in [-0.1, -0.05) is 20.8 Å². The van der Waals surface area contributed by atoms with Gasteiger partial charge < -0.3 is 0 Å². The molecule has 0 fully saturated rings. The van der Waals surface area contributed by atoms with E-state index in [1.165, 1.54) is 0 Å². The third-order valence-electron chi connectivity index (χ3n) is 3.66. The molecule has 0 spiro atoms. The van der Waals surface area contributed by atoms with Crippen molar-refractivity contribution in [3.8, 4) is 0 Å². The van der Waals surface area contributed by atoms with Crippen LogP contribution in [0.4, 0.5) is 39.5 Å². The van der Waals surface area contributed by atoms with E-state index in [2.05, 4.69) is 25.3 Å². The zero-order valence-corrected chi connectivity index (χ0v) is 16.5. The smallest absolute Gasteiger partial charge is 0.286 e. The molecule has 14 heteroatoms. The molecular formula is C14H17F9N2OS2. The van der Waals surface area contributed by atoms with Gasteiger partial charge in [0.2, 0.25) is 0 Å². The zero-order valence-electron chi connectivity index (χ0n) is 14.7. The molecule has 1 rings (SSSR count). The van der Waals surface area contributed by atoms with Crippen molar-refractivity contribution in [1.29, 1.82) is 0 Å². The molecule has 164 valence electrons. The van der Waals surface area contributed by atoms with Crippen LogP contribution in [0.25, 0.3) is 0 Å². The standard InChI is InChI=1S/C14H17F9N2OS2/c1-10(2,3)6-25-8(28)7(27)24(9(25)26)5-4-11(15,16)12(17,18)13(19,20)14(21,22)23/h27-28H,4-6H2,1-3H3. The summed E-state index contributed by atoms with van der Waals surface area (Å²) in [6.07, 6.45) is -9.05. The van der Waals surface area contributed by atoms with E-state index in [0.29, 0.717) is 4.57 Å². The van der Waals surface area contributed by atoms with E-state index in [0.717, 1.165) is 4.57 Å². The van der Waals surface area contributed by atoms with Gasteiger partial charge in [0.05, 0.1) is 0 Å². The lowest BCUT2D eigenvalue weighted by atomic mass is 9.97. The summed E-state index contributed by atoms with van der Waals surface area (Å²) in [5.74, 6) is -19.5. The van der Waals surface area contributed by atoms with Gasteiger partial charge in [0.25, 0.3) is 0 Å². The summed E-state index contributed by atoms with van der Waals surface area (Å²) in [6.45, 7) is 3.91. The first-order valence-electron chi connectivity index (χ1n) is 7.59. The summed E-state index contributed by atoms with van der Waals surface area (Å²) >= 11 is 7.84. The summed E-state index contributed by atoms with van der Waals surface area (Å²) in [5.41, 5.74) is -1.48. The van der Waals surface area contributed by atoms with E-state index in [9.17, 15) is 44.3 Å². The van der Waals surface area contributed by atoms with Gasteiger partial charge >= 0.3 is 29.6 Å². The second-order valence-electron chi connectivity index (χ2n) is 7.33. The normalized spacial score (nSPS) is 14.6. The topological polar surface area (TPSA) is 26.9 Å². The van der Waals surface area contributed by atoms with Crippen molar-refractivity contribution in [2.75, 3.05) is 0 Å². The number of nitrogens with zero attached hydrogens (tertiary/aromatic N) is 2. The SMILES string of the molecule is CC(C)(C)Cn1c(S)c(S)n(CCC(F)(F)C(F)(F)C(F)(F)C(F)(F)F)c1=O. The Labute approximate surface area is 164 Å². The number of aromatic nitrogens is 2. The highest BCUT2D eigenvalue weighted by atomic mass is 32.1. The van der Waals surface area contributed by atoms with Gasteiger partial charge in [-0.2, -0.15) is 39.5 Å². The lowest BCUT2D eigenvalue weighted by molar-refractivity contribution is -0.397. The Morgan fingerprint density at radius 2 is 1.21 bits per heavy atom. The minimum Gasteiger partial charge on any atom is -0.286 e. The molecule has 0 bridgehead atoms. The van der Waals surface area contributed by atoms with Crippen LogP contribution in [0, 0.1) is 5.41 Å². The predicted molar refractivity (Wildman–Crippen MR) is 88.2 cm³/mol. The highest BCUT2D eigenvalue weighted by Crippen LogP contribution is 2.54. The van der Waals surface area contributed by atoms with Gasteiger partial charge in [0.15, 0.2) is 0 Å². The van der Waals surface area contributed by atoms with Crippen LogP contribution >= 0.6 is 25.3 Å². The van der Waals surface area contributed by atoms with Crippen LogP contribution in [-0.2, 0) is 13.1 Å². The molecule has 0 radical (unpaired) electrons. The Bertz CT molecular complexity index is 775. The number of alkyl halides is 9. The molecule has 0 aromatic carbocycles. The van der Waals surface area contributed by atoms with Crippen LogP contribution in [0.15, 0.2) is 14.8 Å². The Hall–Kier alpha value is -0.920. The second-order valence-corrected chi connectivity index (χ2v) is 8.18. The van der Waals surface area contributed by atoms with Crippen LogP contribution in [0.1, 0.15) is 27.2 Å². The average molecular weight is 464 g/mol. The van der Waals surface area contributed by atoms with Crippen molar-refractivity contribution in [3.05, 3.63) is 10.5 Å². The van der Waals surface area contributed by atoms with Gasteiger partial charge in [-0.25, -0.2) is 4.79 Å².